The van der Waals surface area contributed by atoms with Crippen molar-refractivity contribution in [2.24, 2.45) is 5.92 Å². The summed E-state index contributed by atoms with van der Waals surface area (Å²) in [6, 6.07) is 25.3. The van der Waals surface area contributed by atoms with Crippen LogP contribution in [-0.2, 0) is 0 Å². The number of aromatic hydroxyl groups is 1. The molecule has 1 saturated heterocycles. The third-order valence-electron chi connectivity index (χ3n) is 7.11. The molecule has 38 heavy (non-hydrogen) atoms. The topological polar surface area (TPSA) is 44.7 Å². The van der Waals surface area contributed by atoms with Gasteiger partial charge >= 0.3 is 0 Å². The van der Waals surface area contributed by atoms with Crippen molar-refractivity contribution in [3.05, 3.63) is 89.5 Å². The Bertz CT molecular complexity index is 1030. The number of anilines is 1. The first-order chi connectivity index (χ1) is 18.7. The van der Waals surface area contributed by atoms with Crippen LogP contribution in [0.5, 0.6) is 11.5 Å². The van der Waals surface area contributed by atoms with E-state index >= 15 is 0 Å². The summed E-state index contributed by atoms with van der Waals surface area (Å²) in [5.41, 5.74) is 5.03. The molecule has 0 unspecified atom stereocenters. The fraction of sp³-hybridized carbons (Fsp3) is 0.471. The Balaban J connectivity index is 0.000000791. The van der Waals surface area contributed by atoms with Crippen molar-refractivity contribution in [1.82, 2.24) is 5.32 Å². The van der Waals surface area contributed by atoms with E-state index in [0.29, 0.717) is 6.61 Å². The summed E-state index contributed by atoms with van der Waals surface area (Å²) in [5.74, 6) is 2.25. The van der Waals surface area contributed by atoms with Gasteiger partial charge in [-0.15, -0.1) is 0 Å². The van der Waals surface area contributed by atoms with Crippen LogP contribution in [-0.4, -0.2) is 38.4 Å². The Morgan fingerprint density at radius 2 is 1.45 bits per heavy atom. The summed E-state index contributed by atoms with van der Waals surface area (Å²) >= 11 is 0. The highest BCUT2D eigenvalue weighted by molar-refractivity contribution is 5.54. The van der Waals surface area contributed by atoms with Gasteiger partial charge in [-0.2, -0.15) is 0 Å². The molecule has 0 amide bonds. The lowest BCUT2D eigenvalue weighted by atomic mass is 9.76. The zero-order chi connectivity index (χ0) is 27.9. The largest absolute Gasteiger partial charge is 0.508 e. The molecule has 5 rings (SSSR count). The number of phenolic OH excluding ortho intramolecular Hbond substituents is 1. The van der Waals surface area contributed by atoms with E-state index in [9.17, 15) is 5.11 Å². The maximum Gasteiger partial charge on any atom is 0.126 e. The fourth-order valence-electron chi connectivity index (χ4n) is 5.37. The van der Waals surface area contributed by atoms with Gasteiger partial charge in [0.25, 0.3) is 0 Å². The average Bonchev–Trinajstić information content (AvgIpc) is 3.01. The van der Waals surface area contributed by atoms with E-state index in [1.807, 2.05) is 54.7 Å². The molecule has 0 aliphatic carbocycles. The van der Waals surface area contributed by atoms with Gasteiger partial charge in [-0.1, -0.05) is 90.1 Å². The third kappa shape index (κ3) is 7.77. The molecule has 3 aromatic carbocycles. The lowest BCUT2D eigenvalue weighted by molar-refractivity contribution is 0.248. The number of ether oxygens (including phenoxy) is 1. The normalized spacial score (nSPS) is 18.2. The molecule has 2 heterocycles. The number of nitrogens with zero attached hydrogens (tertiary/aromatic N) is 1. The van der Waals surface area contributed by atoms with E-state index in [4.69, 9.17) is 4.74 Å². The van der Waals surface area contributed by atoms with Gasteiger partial charge in [0.15, 0.2) is 0 Å². The first kappa shape index (κ1) is 31.2. The highest BCUT2D eigenvalue weighted by Gasteiger charge is 2.33. The number of rotatable bonds is 5. The van der Waals surface area contributed by atoms with Crippen molar-refractivity contribution in [1.29, 1.82) is 0 Å². The molecule has 0 aromatic heterocycles. The maximum absolute atomic E-state index is 9.97. The molecule has 2 atom stereocenters. The summed E-state index contributed by atoms with van der Waals surface area (Å²) in [4.78, 5) is 2.51. The minimum atomic E-state index is 0.192. The molecule has 0 spiro atoms. The molecule has 2 N–H and O–H groups in total. The Kier molecular flexibility index (Phi) is 13.8. The SMILES string of the molecule is CC.CC.CC.CNCC1CCN(c2ccc([C@@H]3c4ccc(O)cc4OC[C@@H]3c3ccccc3)cc2)CC1. The molecular weight excluding hydrogens is 468 g/mol. The monoisotopic (exact) mass is 518 g/mol. The van der Waals surface area contributed by atoms with Crippen LogP contribution in [0, 0.1) is 5.92 Å². The van der Waals surface area contributed by atoms with E-state index in [1.54, 1.807) is 12.1 Å². The van der Waals surface area contributed by atoms with Gasteiger partial charge in [0.2, 0.25) is 0 Å². The number of hydrogen-bond acceptors (Lipinski definition) is 4. The van der Waals surface area contributed by atoms with Gasteiger partial charge in [-0.3, -0.25) is 0 Å². The molecule has 0 saturated carbocycles. The number of benzene rings is 3. The van der Waals surface area contributed by atoms with Crippen LogP contribution in [0.25, 0.3) is 0 Å². The first-order valence-electron chi connectivity index (χ1n) is 14.7. The summed E-state index contributed by atoms with van der Waals surface area (Å²) < 4.78 is 6.10. The van der Waals surface area contributed by atoms with E-state index in [-0.39, 0.29) is 17.6 Å². The maximum atomic E-state index is 9.97. The minimum Gasteiger partial charge on any atom is -0.508 e. The second-order valence-corrected chi connectivity index (χ2v) is 9.11. The lowest BCUT2D eigenvalue weighted by Crippen LogP contribution is -2.36. The van der Waals surface area contributed by atoms with Crippen LogP contribution in [0.4, 0.5) is 5.69 Å². The number of nitrogens with one attached hydrogen (secondary N) is 1. The van der Waals surface area contributed by atoms with Crippen molar-refractivity contribution in [3.63, 3.8) is 0 Å². The molecule has 0 radical (unpaired) electrons. The number of fused-ring (bicyclic) bond motifs is 1. The fourth-order valence-corrected chi connectivity index (χ4v) is 5.37. The van der Waals surface area contributed by atoms with Crippen molar-refractivity contribution in [2.45, 2.75) is 66.2 Å². The quantitative estimate of drug-likeness (QED) is 0.357. The van der Waals surface area contributed by atoms with Crippen LogP contribution < -0.4 is 15.0 Å². The molecule has 2 aliphatic heterocycles. The molecular formula is C34H50N2O2. The van der Waals surface area contributed by atoms with Crippen LogP contribution >= 0.6 is 0 Å². The average molecular weight is 519 g/mol. The molecule has 1 fully saturated rings. The second-order valence-electron chi connectivity index (χ2n) is 9.11. The van der Waals surface area contributed by atoms with E-state index in [2.05, 4.69) is 64.8 Å². The standard InChI is InChI=1S/C28H32N2O2.3C2H6/c1-29-18-20-13-15-30(16-14-20)23-9-7-22(8-10-23)28-25-12-11-24(31)17-27(25)32-19-26(28)21-5-3-2-4-6-21;3*1-2/h2-12,17,20,26,28-29,31H,13-16,18-19H2,1H3;3*1-2H3/t26-,28-;;;/m1.../s1. The van der Waals surface area contributed by atoms with Gasteiger partial charge < -0.3 is 20.1 Å². The Morgan fingerprint density at radius 3 is 2.05 bits per heavy atom. The predicted molar refractivity (Wildman–Crippen MR) is 164 cm³/mol. The number of hydrogen-bond donors (Lipinski definition) is 2. The number of phenols is 1. The lowest BCUT2D eigenvalue weighted by Gasteiger charge is -2.36. The Morgan fingerprint density at radius 1 is 0.816 bits per heavy atom. The molecule has 208 valence electrons. The smallest absolute Gasteiger partial charge is 0.126 e. The van der Waals surface area contributed by atoms with Crippen molar-refractivity contribution in [3.8, 4) is 11.5 Å². The second kappa shape index (κ2) is 16.8. The summed E-state index contributed by atoms with van der Waals surface area (Å²) in [5, 5.41) is 13.3. The number of piperidine rings is 1. The summed E-state index contributed by atoms with van der Waals surface area (Å²) in [7, 11) is 2.05. The third-order valence-corrected chi connectivity index (χ3v) is 7.11. The van der Waals surface area contributed by atoms with E-state index in [0.717, 1.165) is 36.9 Å². The van der Waals surface area contributed by atoms with Crippen LogP contribution in [0.3, 0.4) is 0 Å². The van der Waals surface area contributed by atoms with Gasteiger partial charge in [0, 0.05) is 42.2 Å². The first-order valence-corrected chi connectivity index (χ1v) is 14.7. The van der Waals surface area contributed by atoms with Crippen molar-refractivity contribution < 1.29 is 9.84 Å². The molecule has 4 nitrogen and oxygen atoms in total. The van der Waals surface area contributed by atoms with Crippen LogP contribution in [0.15, 0.2) is 72.8 Å². The van der Waals surface area contributed by atoms with Gasteiger partial charge in [0.1, 0.15) is 11.5 Å². The van der Waals surface area contributed by atoms with Crippen LogP contribution in [0.2, 0.25) is 0 Å². The molecule has 4 heteroatoms. The van der Waals surface area contributed by atoms with Gasteiger partial charge in [-0.25, -0.2) is 0 Å². The Labute approximate surface area is 232 Å². The predicted octanol–water partition coefficient (Wildman–Crippen LogP) is 8.21. The molecule has 0 bridgehead atoms. The highest BCUT2D eigenvalue weighted by Crippen LogP contribution is 2.47. The zero-order valence-corrected chi connectivity index (χ0v) is 24.7. The zero-order valence-electron chi connectivity index (χ0n) is 24.7. The van der Waals surface area contributed by atoms with Gasteiger partial charge in [-0.05, 0) is 61.7 Å². The summed E-state index contributed by atoms with van der Waals surface area (Å²) in [6.07, 6.45) is 2.49. The van der Waals surface area contributed by atoms with Crippen molar-refractivity contribution >= 4 is 5.69 Å². The minimum absolute atomic E-state index is 0.192. The Hall–Kier alpha value is -2.98. The summed E-state index contributed by atoms with van der Waals surface area (Å²) in [6.45, 7) is 16.0. The van der Waals surface area contributed by atoms with Gasteiger partial charge in [0.05, 0.1) is 6.61 Å². The van der Waals surface area contributed by atoms with E-state index in [1.165, 1.54) is 29.7 Å². The van der Waals surface area contributed by atoms with Crippen molar-refractivity contribution in [2.75, 3.05) is 38.2 Å². The van der Waals surface area contributed by atoms with E-state index < -0.39 is 0 Å². The van der Waals surface area contributed by atoms with Crippen LogP contribution in [0.1, 0.15) is 82.9 Å². The molecule has 3 aromatic rings. The molecule has 2 aliphatic rings. The highest BCUT2D eigenvalue weighted by atomic mass is 16.5.